The topological polar surface area (TPSA) is 47.1 Å². The van der Waals surface area contributed by atoms with Crippen LogP contribution in [0.4, 0.5) is 5.82 Å². The molecule has 2 rings (SSSR count). The van der Waals surface area contributed by atoms with Crippen molar-refractivity contribution in [1.29, 1.82) is 0 Å². The molecule has 0 radical (unpaired) electrons. The fraction of sp³-hybridized carbons (Fsp3) is 0.667. The Morgan fingerprint density at radius 2 is 2.54 bits per heavy atom. The van der Waals surface area contributed by atoms with Crippen molar-refractivity contribution < 1.29 is 0 Å². The second-order valence-corrected chi connectivity index (χ2v) is 3.56. The Morgan fingerprint density at radius 1 is 1.69 bits per heavy atom. The van der Waals surface area contributed by atoms with Crippen molar-refractivity contribution in [2.75, 3.05) is 18.0 Å². The van der Waals surface area contributed by atoms with Gasteiger partial charge in [-0.25, -0.2) is 4.98 Å². The molecule has 13 heavy (non-hydrogen) atoms. The van der Waals surface area contributed by atoms with E-state index in [4.69, 9.17) is 5.73 Å². The van der Waals surface area contributed by atoms with Gasteiger partial charge in [0.25, 0.3) is 0 Å². The monoisotopic (exact) mass is 180 g/mol. The summed E-state index contributed by atoms with van der Waals surface area (Å²) in [4.78, 5) is 6.58. The molecule has 1 fully saturated rings. The summed E-state index contributed by atoms with van der Waals surface area (Å²) in [7, 11) is 0. The van der Waals surface area contributed by atoms with Gasteiger partial charge in [-0.15, -0.1) is 0 Å². The van der Waals surface area contributed by atoms with Crippen molar-refractivity contribution in [2.24, 2.45) is 5.73 Å². The van der Waals surface area contributed by atoms with Crippen molar-refractivity contribution in [3.05, 3.63) is 12.5 Å². The molecule has 2 heterocycles. The van der Waals surface area contributed by atoms with E-state index >= 15 is 0 Å². The molecule has 0 amide bonds. The first-order valence-electron chi connectivity index (χ1n) is 4.82. The summed E-state index contributed by atoms with van der Waals surface area (Å²) in [5.41, 5.74) is 5.83. The number of imidazole rings is 1. The molecule has 0 aromatic carbocycles. The summed E-state index contributed by atoms with van der Waals surface area (Å²) in [6.07, 6.45) is 5.04. The van der Waals surface area contributed by atoms with E-state index in [2.05, 4.69) is 27.6 Å². The van der Waals surface area contributed by atoms with Crippen LogP contribution >= 0.6 is 0 Å². The summed E-state index contributed by atoms with van der Waals surface area (Å²) < 4.78 is 2.08. The highest BCUT2D eigenvalue weighted by Gasteiger charge is 2.20. The Balaban J connectivity index is 2.08. The highest BCUT2D eigenvalue weighted by atomic mass is 15.2. The third kappa shape index (κ3) is 1.67. The van der Waals surface area contributed by atoms with Crippen LogP contribution in [-0.2, 0) is 6.54 Å². The third-order valence-electron chi connectivity index (χ3n) is 2.53. The van der Waals surface area contributed by atoms with Crippen molar-refractivity contribution in [2.45, 2.75) is 25.9 Å². The van der Waals surface area contributed by atoms with Crippen LogP contribution in [-0.4, -0.2) is 28.7 Å². The summed E-state index contributed by atoms with van der Waals surface area (Å²) in [5, 5.41) is 0. The van der Waals surface area contributed by atoms with Crippen molar-refractivity contribution in [3.63, 3.8) is 0 Å². The number of hydrogen-bond donors (Lipinski definition) is 1. The molecule has 0 bridgehead atoms. The standard InChI is InChI=1S/C9H16N4/c1-2-12-6-9(11-7-12)13-4-3-8(10)5-13/h6-8H,2-5,10H2,1H3. The van der Waals surface area contributed by atoms with Gasteiger partial charge in [-0.1, -0.05) is 0 Å². The summed E-state index contributed by atoms with van der Waals surface area (Å²) in [5.74, 6) is 1.06. The van der Waals surface area contributed by atoms with Gasteiger partial charge in [-0.05, 0) is 13.3 Å². The van der Waals surface area contributed by atoms with Crippen molar-refractivity contribution in [1.82, 2.24) is 9.55 Å². The fourth-order valence-electron chi connectivity index (χ4n) is 1.68. The number of nitrogens with two attached hydrogens (primary N) is 1. The number of aromatic nitrogens is 2. The van der Waals surface area contributed by atoms with E-state index in [9.17, 15) is 0 Å². The van der Waals surface area contributed by atoms with Crippen LogP contribution in [0.5, 0.6) is 0 Å². The van der Waals surface area contributed by atoms with E-state index in [-0.39, 0.29) is 0 Å². The minimum absolute atomic E-state index is 0.326. The maximum Gasteiger partial charge on any atom is 0.146 e. The Bertz CT molecular complexity index is 281. The van der Waals surface area contributed by atoms with E-state index in [0.717, 1.165) is 31.9 Å². The molecule has 1 aliphatic rings. The van der Waals surface area contributed by atoms with Crippen LogP contribution in [0.15, 0.2) is 12.5 Å². The first-order valence-corrected chi connectivity index (χ1v) is 4.82. The van der Waals surface area contributed by atoms with E-state index in [1.165, 1.54) is 0 Å². The Kier molecular flexibility index (Phi) is 2.22. The molecule has 1 aromatic rings. The van der Waals surface area contributed by atoms with Crippen LogP contribution in [0.3, 0.4) is 0 Å². The molecule has 1 unspecified atom stereocenters. The Hall–Kier alpha value is -1.03. The molecular weight excluding hydrogens is 164 g/mol. The molecule has 1 aromatic heterocycles. The predicted octanol–water partition coefficient (Wildman–Crippen LogP) is 0.440. The van der Waals surface area contributed by atoms with Gasteiger partial charge < -0.3 is 15.2 Å². The number of nitrogens with zero attached hydrogens (tertiary/aromatic N) is 3. The maximum atomic E-state index is 5.83. The molecule has 0 aliphatic carbocycles. The van der Waals surface area contributed by atoms with Gasteiger partial charge in [-0.2, -0.15) is 0 Å². The van der Waals surface area contributed by atoms with Crippen LogP contribution in [0.2, 0.25) is 0 Å². The average molecular weight is 180 g/mol. The number of rotatable bonds is 2. The van der Waals surface area contributed by atoms with Crippen molar-refractivity contribution >= 4 is 5.82 Å². The van der Waals surface area contributed by atoms with Gasteiger partial charge in [0, 0.05) is 31.9 Å². The van der Waals surface area contributed by atoms with Gasteiger partial charge in [0.2, 0.25) is 0 Å². The van der Waals surface area contributed by atoms with Crippen LogP contribution in [0.25, 0.3) is 0 Å². The zero-order valence-electron chi connectivity index (χ0n) is 7.98. The highest BCUT2D eigenvalue weighted by molar-refractivity contribution is 5.37. The molecule has 1 atom stereocenters. The quantitative estimate of drug-likeness (QED) is 0.718. The van der Waals surface area contributed by atoms with E-state index in [1.807, 2.05) is 6.33 Å². The third-order valence-corrected chi connectivity index (χ3v) is 2.53. The molecule has 72 valence electrons. The molecule has 4 heteroatoms. The zero-order valence-corrected chi connectivity index (χ0v) is 7.98. The van der Waals surface area contributed by atoms with Crippen LogP contribution in [0.1, 0.15) is 13.3 Å². The second-order valence-electron chi connectivity index (χ2n) is 3.56. The lowest BCUT2D eigenvalue weighted by molar-refractivity contribution is 0.751. The summed E-state index contributed by atoms with van der Waals surface area (Å²) in [6.45, 7) is 5.08. The Morgan fingerprint density at radius 3 is 3.08 bits per heavy atom. The number of anilines is 1. The lowest BCUT2D eigenvalue weighted by Gasteiger charge is -2.13. The van der Waals surface area contributed by atoms with Crippen LogP contribution in [0, 0.1) is 0 Å². The first-order chi connectivity index (χ1) is 6.29. The van der Waals surface area contributed by atoms with Crippen molar-refractivity contribution in [3.8, 4) is 0 Å². The van der Waals surface area contributed by atoms with Crippen LogP contribution < -0.4 is 10.6 Å². The lowest BCUT2D eigenvalue weighted by atomic mass is 10.3. The van der Waals surface area contributed by atoms with E-state index in [0.29, 0.717) is 6.04 Å². The molecule has 1 saturated heterocycles. The van der Waals surface area contributed by atoms with Gasteiger partial charge >= 0.3 is 0 Å². The molecule has 0 spiro atoms. The Labute approximate surface area is 78.4 Å². The van der Waals surface area contributed by atoms with E-state index in [1.54, 1.807) is 0 Å². The maximum absolute atomic E-state index is 5.83. The SMILES string of the molecule is CCn1cnc(N2CCC(N)C2)c1. The van der Waals surface area contributed by atoms with E-state index < -0.39 is 0 Å². The lowest BCUT2D eigenvalue weighted by Crippen LogP contribution is -2.26. The normalized spacial score (nSPS) is 22.6. The predicted molar refractivity (Wildman–Crippen MR) is 52.7 cm³/mol. The molecule has 4 nitrogen and oxygen atoms in total. The molecular formula is C9H16N4. The largest absolute Gasteiger partial charge is 0.354 e. The van der Waals surface area contributed by atoms with Gasteiger partial charge in [0.1, 0.15) is 5.82 Å². The average Bonchev–Trinajstić information content (AvgIpc) is 2.71. The summed E-state index contributed by atoms with van der Waals surface area (Å²) in [6, 6.07) is 0.326. The first kappa shape index (κ1) is 8.56. The number of aryl methyl sites for hydroxylation is 1. The second kappa shape index (κ2) is 3.38. The molecule has 2 N–H and O–H groups in total. The fourth-order valence-corrected chi connectivity index (χ4v) is 1.68. The highest BCUT2D eigenvalue weighted by Crippen LogP contribution is 2.16. The minimum Gasteiger partial charge on any atom is -0.354 e. The molecule has 1 aliphatic heterocycles. The van der Waals surface area contributed by atoms with Gasteiger partial charge in [0.05, 0.1) is 6.33 Å². The summed E-state index contributed by atoms with van der Waals surface area (Å²) >= 11 is 0. The van der Waals surface area contributed by atoms with Gasteiger partial charge in [-0.3, -0.25) is 0 Å². The molecule has 0 saturated carbocycles. The zero-order chi connectivity index (χ0) is 9.26. The van der Waals surface area contributed by atoms with Gasteiger partial charge in [0.15, 0.2) is 0 Å². The number of hydrogen-bond acceptors (Lipinski definition) is 3. The minimum atomic E-state index is 0.326. The smallest absolute Gasteiger partial charge is 0.146 e.